The van der Waals surface area contributed by atoms with Crippen LogP contribution >= 0.6 is 0 Å². The second-order valence-corrected chi connectivity index (χ2v) is 4.83. The van der Waals surface area contributed by atoms with Gasteiger partial charge in [0.2, 0.25) is 0 Å². The maximum absolute atomic E-state index is 11.9. The summed E-state index contributed by atoms with van der Waals surface area (Å²) in [5, 5.41) is 10.4. The molecule has 110 valence electrons. The van der Waals surface area contributed by atoms with Crippen LogP contribution < -0.4 is 0 Å². The zero-order valence-electron chi connectivity index (χ0n) is 11.7. The molecule has 1 aliphatic carbocycles. The molecule has 1 N–H and O–H groups in total. The van der Waals surface area contributed by atoms with Gasteiger partial charge in [0, 0.05) is 13.5 Å². The lowest BCUT2D eigenvalue weighted by Gasteiger charge is -2.33. The molecule has 0 aromatic carbocycles. The first-order valence-electron chi connectivity index (χ1n) is 6.65. The Balaban J connectivity index is 2.25. The van der Waals surface area contributed by atoms with Crippen LogP contribution in [0.5, 0.6) is 0 Å². The van der Waals surface area contributed by atoms with Crippen molar-refractivity contribution in [1.29, 1.82) is 0 Å². The molecule has 0 spiro atoms. The molecule has 0 saturated heterocycles. The predicted molar refractivity (Wildman–Crippen MR) is 70.9 cm³/mol. The van der Waals surface area contributed by atoms with Crippen LogP contribution in [0.15, 0.2) is 23.8 Å². The van der Waals surface area contributed by atoms with Gasteiger partial charge in [0.05, 0.1) is 12.6 Å². The minimum Gasteiger partial charge on any atom is -0.455 e. The van der Waals surface area contributed by atoms with Gasteiger partial charge in [-0.2, -0.15) is 0 Å². The molecule has 6 nitrogen and oxygen atoms in total. The molecule has 2 rings (SSSR count). The Kier molecular flexibility index (Phi) is 4.13. The highest BCUT2D eigenvalue weighted by Crippen LogP contribution is 2.38. The van der Waals surface area contributed by atoms with Crippen molar-refractivity contribution >= 4 is 12.1 Å². The van der Waals surface area contributed by atoms with E-state index in [2.05, 4.69) is 6.58 Å². The second kappa shape index (κ2) is 5.66. The van der Waals surface area contributed by atoms with Crippen LogP contribution in [0, 0.1) is 0 Å². The Morgan fingerprint density at radius 2 is 2.25 bits per heavy atom. The molecule has 1 amide bonds. The van der Waals surface area contributed by atoms with Crippen molar-refractivity contribution in [3.05, 3.63) is 23.8 Å². The standard InChI is InChI=1S/C14H19NO5/c1-4-19-14(18)15-7-5-6-10-8(2)13(20-9(3)16)12(17)11(10)15/h6,11-13,17H,2,4-5,7H2,1,3H3/t11-,12-,13-/m0/s1. The van der Waals surface area contributed by atoms with Gasteiger partial charge in [-0.25, -0.2) is 4.79 Å². The Morgan fingerprint density at radius 3 is 2.85 bits per heavy atom. The number of aliphatic hydroxyl groups excluding tert-OH is 1. The largest absolute Gasteiger partial charge is 0.455 e. The Hall–Kier alpha value is -1.82. The summed E-state index contributed by atoms with van der Waals surface area (Å²) in [7, 11) is 0. The summed E-state index contributed by atoms with van der Waals surface area (Å²) >= 11 is 0. The molecule has 0 unspecified atom stereocenters. The van der Waals surface area contributed by atoms with E-state index in [4.69, 9.17) is 9.47 Å². The van der Waals surface area contributed by atoms with Gasteiger partial charge in [0.1, 0.15) is 6.10 Å². The molecule has 1 aliphatic heterocycles. The van der Waals surface area contributed by atoms with Crippen LogP contribution in [0.25, 0.3) is 0 Å². The van der Waals surface area contributed by atoms with E-state index in [9.17, 15) is 14.7 Å². The number of rotatable bonds is 2. The lowest BCUT2D eigenvalue weighted by molar-refractivity contribution is -0.149. The number of carbonyl (C=O) groups is 2. The molecule has 3 atom stereocenters. The SMILES string of the molecule is C=C1C2=CCCN(C(=O)OCC)[C@@H]2[C@H](O)[C@H]1OC(C)=O. The average Bonchev–Trinajstić information content (AvgIpc) is 2.64. The summed E-state index contributed by atoms with van der Waals surface area (Å²) in [5.74, 6) is -0.489. The number of esters is 1. The first-order chi connectivity index (χ1) is 9.47. The number of fused-ring (bicyclic) bond motifs is 1. The molecule has 0 radical (unpaired) electrons. The fourth-order valence-electron chi connectivity index (χ4n) is 2.74. The molecular formula is C14H19NO5. The van der Waals surface area contributed by atoms with E-state index in [1.807, 2.05) is 6.08 Å². The minimum atomic E-state index is -1.01. The van der Waals surface area contributed by atoms with E-state index >= 15 is 0 Å². The number of hydrogen-bond donors (Lipinski definition) is 1. The minimum absolute atomic E-state index is 0.269. The van der Waals surface area contributed by atoms with Crippen LogP contribution in [0.1, 0.15) is 20.3 Å². The zero-order chi connectivity index (χ0) is 14.9. The van der Waals surface area contributed by atoms with E-state index < -0.39 is 30.3 Å². The number of nitrogens with zero attached hydrogens (tertiary/aromatic N) is 1. The quantitative estimate of drug-likeness (QED) is 0.764. The van der Waals surface area contributed by atoms with Gasteiger partial charge < -0.3 is 14.6 Å². The number of ether oxygens (including phenoxy) is 2. The summed E-state index contributed by atoms with van der Waals surface area (Å²) in [5.41, 5.74) is 1.30. The maximum atomic E-state index is 11.9. The second-order valence-electron chi connectivity index (χ2n) is 4.83. The number of aliphatic hydroxyl groups is 1. The summed E-state index contributed by atoms with van der Waals surface area (Å²) in [4.78, 5) is 24.5. The van der Waals surface area contributed by atoms with Gasteiger partial charge in [-0.05, 0) is 24.5 Å². The number of hydrogen-bond acceptors (Lipinski definition) is 5. The molecule has 1 fully saturated rings. The highest BCUT2D eigenvalue weighted by molar-refractivity contribution is 5.71. The van der Waals surface area contributed by atoms with Crippen LogP contribution in [0.4, 0.5) is 4.79 Å². The third-order valence-electron chi connectivity index (χ3n) is 3.53. The van der Waals surface area contributed by atoms with Crippen molar-refractivity contribution in [3.8, 4) is 0 Å². The first-order valence-corrected chi connectivity index (χ1v) is 6.65. The van der Waals surface area contributed by atoms with Crippen molar-refractivity contribution in [2.45, 2.75) is 38.5 Å². The number of amides is 1. The van der Waals surface area contributed by atoms with Crippen LogP contribution in [0.2, 0.25) is 0 Å². The molecule has 1 heterocycles. The van der Waals surface area contributed by atoms with Crippen molar-refractivity contribution in [1.82, 2.24) is 4.90 Å². The van der Waals surface area contributed by atoms with E-state index in [0.29, 0.717) is 18.5 Å². The molecular weight excluding hydrogens is 262 g/mol. The van der Waals surface area contributed by atoms with E-state index in [0.717, 1.165) is 5.57 Å². The van der Waals surface area contributed by atoms with Crippen molar-refractivity contribution in [2.75, 3.05) is 13.2 Å². The third kappa shape index (κ3) is 2.43. The molecule has 1 saturated carbocycles. The fourth-order valence-corrected chi connectivity index (χ4v) is 2.74. The highest BCUT2D eigenvalue weighted by Gasteiger charge is 2.49. The number of carbonyl (C=O) groups excluding carboxylic acids is 2. The Labute approximate surface area is 117 Å². The summed E-state index contributed by atoms with van der Waals surface area (Å²) in [6.45, 7) is 7.61. The highest BCUT2D eigenvalue weighted by atomic mass is 16.6. The van der Waals surface area contributed by atoms with Gasteiger partial charge in [-0.1, -0.05) is 12.7 Å². The molecule has 0 aromatic rings. The van der Waals surface area contributed by atoms with Crippen LogP contribution in [-0.4, -0.2) is 53.5 Å². The normalized spacial score (nSPS) is 28.8. The van der Waals surface area contributed by atoms with Gasteiger partial charge in [0.15, 0.2) is 6.10 Å². The van der Waals surface area contributed by atoms with E-state index in [-0.39, 0.29) is 6.61 Å². The predicted octanol–water partition coefficient (Wildman–Crippen LogP) is 1.01. The van der Waals surface area contributed by atoms with Crippen molar-refractivity contribution in [3.63, 3.8) is 0 Å². The zero-order valence-corrected chi connectivity index (χ0v) is 11.7. The third-order valence-corrected chi connectivity index (χ3v) is 3.53. The maximum Gasteiger partial charge on any atom is 0.410 e. The molecule has 0 aromatic heterocycles. The fraction of sp³-hybridized carbons (Fsp3) is 0.571. The van der Waals surface area contributed by atoms with Crippen molar-refractivity contribution < 1.29 is 24.2 Å². The van der Waals surface area contributed by atoms with Gasteiger partial charge in [0.25, 0.3) is 0 Å². The van der Waals surface area contributed by atoms with Crippen LogP contribution in [-0.2, 0) is 14.3 Å². The van der Waals surface area contributed by atoms with Crippen molar-refractivity contribution in [2.24, 2.45) is 0 Å². The smallest absolute Gasteiger partial charge is 0.410 e. The molecule has 0 bridgehead atoms. The lowest BCUT2D eigenvalue weighted by Crippen LogP contribution is -2.49. The molecule has 6 heteroatoms. The lowest BCUT2D eigenvalue weighted by atomic mass is 10.0. The van der Waals surface area contributed by atoms with E-state index in [1.54, 1.807) is 6.92 Å². The van der Waals surface area contributed by atoms with Gasteiger partial charge >= 0.3 is 12.1 Å². The van der Waals surface area contributed by atoms with Gasteiger partial charge in [-0.15, -0.1) is 0 Å². The monoisotopic (exact) mass is 281 g/mol. The first kappa shape index (κ1) is 14.6. The summed E-state index contributed by atoms with van der Waals surface area (Å²) in [6, 6.07) is -0.556. The van der Waals surface area contributed by atoms with Gasteiger partial charge in [-0.3, -0.25) is 9.69 Å². The Morgan fingerprint density at radius 1 is 1.55 bits per heavy atom. The molecule has 2 aliphatic rings. The average molecular weight is 281 g/mol. The summed E-state index contributed by atoms with van der Waals surface area (Å²) in [6.07, 6.45) is 0.290. The van der Waals surface area contributed by atoms with E-state index in [1.165, 1.54) is 11.8 Å². The summed E-state index contributed by atoms with van der Waals surface area (Å²) < 4.78 is 10.1. The van der Waals surface area contributed by atoms with Crippen LogP contribution in [0.3, 0.4) is 0 Å². The topological polar surface area (TPSA) is 76.1 Å². The molecule has 20 heavy (non-hydrogen) atoms. The Bertz CT molecular complexity index is 470.